The Labute approximate surface area is 195 Å². The molecule has 1 aliphatic heterocycles. The van der Waals surface area contributed by atoms with Crippen LogP contribution in [0.3, 0.4) is 0 Å². The molecular weight excluding hydrogens is 450 g/mol. The molecule has 0 radical (unpaired) electrons. The van der Waals surface area contributed by atoms with Crippen LogP contribution in [-0.4, -0.2) is 48.3 Å². The summed E-state index contributed by atoms with van der Waals surface area (Å²) in [7, 11) is 0. The molecular formula is C22H28Cl4N2O. The Morgan fingerprint density at radius 1 is 0.966 bits per heavy atom. The van der Waals surface area contributed by atoms with Gasteiger partial charge in [0.1, 0.15) is 0 Å². The second kappa shape index (κ2) is 10.7. The second-order valence-corrected chi connectivity index (χ2v) is 8.63. The lowest BCUT2D eigenvalue weighted by atomic mass is 9.68. The molecule has 0 aromatic heterocycles. The molecule has 1 aliphatic carbocycles. The predicted molar refractivity (Wildman–Crippen MR) is 127 cm³/mol. The summed E-state index contributed by atoms with van der Waals surface area (Å²) in [6, 6.07) is 14.3. The molecule has 0 bridgehead atoms. The maximum Gasteiger partial charge on any atom is 0.0728 e. The largest absolute Gasteiger partial charge is 0.389 e. The van der Waals surface area contributed by atoms with E-state index in [0.29, 0.717) is 10.0 Å². The van der Waals surface area contributed by atoms with Gasteiger partial charge in [0.05, 0.1) is 15.6 Å². The van der Waals surface area contributed by atoms with Crippen molar-refractivity contribution in [3.8, 4) is 11.1 Å². The molecule has 4 rings (SSSR count). The molecule has 160 valence electrons. The maximum atomic E-state index is 11.2. The SMILES string of the molecule is Cl.Cl.OC1([C@H](CN2CCNCC2)c2cccc(-c3ccc(Cl)c(Cl)c3)c2)CCC1. The molecule has 2 fully saturated rings. The van der Waals surface area contributed by atoms with Crippen LogP contribution in [0.15, 0.2) is 42.5 Å². The van der Waals surface area contributed by atoms with Crippen molar-refractivity contribution in [2.45, 2.75) is 30.8 Å². The van der Waals surface area contributed by atoms with Gasteiger partial charge in [-0.2, -0.15) is 0 Å². The van der Waals surface area contributed by atoms with Crippen molar-refractivity contribution in [3.63, 3.8) is 0 Å². The number of hydrogen-bond acceptors (Lipinski definition) is 3. The molecule has 3 nitrogen and oxygen atoms in total. The highest BCUT2D eigenvalue weighted by Gasteiger charge is 2.43. The van der Waals surface area contributed by atoms with E-state index in [0.717, 1.165) is 63.1 Å². The van der Waals surface area contributed by atoms with Gasteiger partial charge in [-0.25, -0.2) is 0 Å². The number of nitrogens with one attached hydrogen (secondary N) is 1. The van der Waals surface area contributed by atoms with Crippen LogP contribution in [0.1, 0.15) is 30.7 Å². The van der Waals surface area contributed by atoms with Crippen LogP contribution in [-0.2, 0) is 0 Å². The lowest BCUT2D eigenvalue weighted by Gasteiger charge is -2.46. The van der Waals surface area contributed by atoms with Gasteiger partial charge < -0.3 is 15.3 Å². The number of halogens is 4. The van der Waals surface area contributed by atoms with Crippen molar-refractivity contribution < 1.29 is 5.11 Å². The number of piperazine rings is 1. The van der Waals surface area contributed by atoms with Crippen molar-refractivity contribution in [1.29, 1.82) is 0 Å². The topological polar surface area (TPSA) is 35.5 Å². The molecule has 1 heterocycles. The number of hydrogen-bond donors (Lipinski definition) is 2. The molecule has 0 amide bonds. The molecule has 0 spiro atoms. The number of rotatable bonds is 5. The molecule has 1 atom stereocenters. The lowest BCUT2D eigenvalue weighted by molar-refractivity contribution is -0.0652. The average Bonchev–Trinajstić information content (AvgIpc) is 2.67. The van der Waals surface area contributed by atoms with E-state index in [9.17, 15) is 5.11 Å². The van der Waals surface area contributed by atoms with Gasteiger partial charge >= 0.3 is 0 Å². The minimum atomic E-state index is -0.582. The summed E-state index contributed by atoms with van der Waals surface area (Å²) in [5.41, 5.74) is 2.78. The zero-order chi connectivity index (χ0) is 18.9. The summed E-state index contributed by atoms with van der Waals surface area (Å²) in [6.07, 6.45) is 2.89. The molecule has 2 aliphatic rings. The lowest BCUT2D eigenvalue weighted by Crippen LogP contribution is -2.51. The molecule has 1 saturated carbocycles. The predicted octanol–water partition coefficient (Wildman–Crippen LogP) is 5.41. The van der Waals surface area contributed by atoms with Gasteiger partial charge in [-0.1, -0.05) is 53.5 Å². The van der Waals surface area contributed by atoms with Crippen LogP contribution in [0.25, 0.3) is 11.1 Å². The third-order valence-electron chi connectivity index (χ3n) is 6.06. The van der Waals surface area contributed by atoms with Gasteiger partial charge in [0, 0.05) is 38.6 Å². The summed E-state index contributed by atoms with van der Waals surface area (Å²) in [5, 5.41) is 15.8. The fraction of sp³-hybridized carbons (Fsp3) is 0.455. The summed E-state index contributed by atoms with van der Waals surface area (Å²) in [6.45, 7) is 5.03. The van der Waals surface area contributed by atoms with Gasteiger partial charge in [0.15, 0.2) is 0 Å². The molecule has 7 heteroatoms. The van der Waals surface area contributed by atoms with Crippen LogP contribution >= 0.6 is 48.0 Å². The van der Waals surface area contributed by atoms with E-state index >= 15 is 0 Å². The van der Waals surface area contributed by atoms with Crippen LogP contribution in [0, 0.1) is 0 Å². The fourth-order valence-electron chi connectivity index (χ4n) is 4.24. The minimum Gasteiger partial charge on any atom is -0.389 e. The smallest absolute Gasteiger partial charge is 0.0728 e. The Morgan fingerprint density at radius 3 is 2.28 bits per heavy atom. The Bertz CT molecular complexity index is 807. The first-order valence-electron chi connectivity index (χ1n) is 9.76. The first-order valence-corrected chi connectivity index (χ1v) is 10.5. The zero-order valence-corrected chi connectivity index (χ0v) is 19.4. The van der Waals surface area contributed by atoms with Gasteiger partial charge in [-0.3, -0.25) is 0 Å². The molecule has 29 heavy (non-hydrogen) atoms. The normalized spacial score (nSPS) is 19.4. The van der Waals surface area contributed by atoms with E-state index in [1.165, 1.54) is 5.56 Å². The first kappa shape index (κ1) is 24.7. The van der Waals surface area contributed by atoms with E-state index in [1.807, 2.05) is 18.2 Å². The van der Waals surface area contributed by atoms with Crippen molar-refractivity contribution in [2.24, 2.45) is 0 Å². The van der Waals surface area contributed by atoms with Crippen molar-refractivity contribution in [1.82, 2.24) is 10.2 Å². The highest BCUT2D eigenvalue weighted by molar-refractivity contribution is 6.42. The Balaban J connectivity index is 0.00000150. The molecule has 2 aromatic carbocycles. The number of nitrogens with zero attached hydrogens (tertiary/aromatic N) is 1. The third kappa shape index (κ3) is 5.59. The number of benzene rings is 2. The average molecular weight is 478 g/mol. The molecule has 2 aromatic rings. The van der Waals surface area contributed by atoms with Crippen LogP contribution < -0.4 is 5.32 Å². The second-order valence-electron chi connectivity index (χ2n) is 7.81. The first-order chi connectivity index (χ1) is 13.0. The summed E-state index contributed by atoms with van der Waals surface area (Å²) in [4.78, 5) is 2.48. The maximum absolute atomic E-state index is 11.2. The fourth-order valence-corrected chi connectivity index (χ4v) is 4.53. The van der Waals surface area contributed by atoms with Gasteiger partial charge in [-0.15, -0.1) is 24.8 Å². The monoisotopic (exact) mass is 476 g/mol. The Hall–Kier alpha value is -0.520. The minimum absolute atomic E-state index is 0. The van der Waals surface area contributed by atoms with Crippen molar-refractivity contribution in [3.05, 3.63) is 58.1 Å². The third-order valence-corrected chi connectivity index (χ3v) is 6.80. The van der Waals surface area contributed by atoms with Gasteiger partial charge in [0.2, 0.25) is 0 Å². The number of aliphatic hydroxyl groups is 1. The molecule has 0 unspecified atom stereocenters. The Morgan fingerprint density at radius 2 is 1.66 bits per heavy atom. The van der Waals surface area contributed by atoms with E-state index < -0.39 is 5.60 Å². The van der Waals surface area contributed by atoms with E-state index in [-0.39, 0.29) is 30.7 Å². The van der Waals surface area contributed by atoms with E-state index in [2.05, 4.69) is 34.5 Å². The van der Waals surface area contributed by atoms with E-state index in [4.69, 9.17) is 23.2 Å². The summed E-state index contributed by atoms with van der Waals surface area (Å²) >= 11 is 12.3. The Kier molecular flexibility index (Phi) is 9.11. The highest BCUT2D eigenvalue weighted by Crippen LogP contribution is 2.44. The summed E-state index contributed by atoms with van der Waals surface area (Å²) < 4.78 is 0. The van der Waals surface area contributed by atoms with Gasteiger partial charge in [-0.05, 0) is 48.1 Å². The summed E-state index contributed by atoms with van der Waals surface area (Å²) in [5.74, 6) is 0.132. The molecule has 2 N–H and O–H groups in total. The quantitative estimate of drug-likeness (QED) is 0.604. The van der Waals surface area contributed by atoms with Crippen molar-refractivity contribution >= 4 is 48.0 Å². The zero-order valence-electron chi connectivity index (χ0n) is 16.2. The van der Waals surface area contributed by atoms with Crippen LogP contribution in [0.4, 0.5) is 0 Å². The van der Waals surface area contributed by atoms with Gasteiger partial charge in [0.25, 0.3) is 0 Å². The van der Waals surface area contributed by atoms with Crippen LogP contribution in [0.2, 0.25) is 10.0 Å². The van der Waals surface area contributed by atoms with E-state index in [1.54, 1.807) is 0 Å². The highest BCUT2D eigenvalue weighted by atomic mass is 35.5. The molecule has 1 saturated heterocycles. The standard InChI is InChI=1S/C22H26Cl2N2O.2ClH/c23-20-6-5-17(14-21(20)24)16-3-1-4-18(13-16)19(22(27)7-2-8-22)15-26-11-9-25-10-12-26;;/h1,3-6,13-14,19,25,27H,2,7-12,15H2;2*1H/t19-;;/m1../s1. The van der Waals surface area contributed by atoms with Crippen LogP contribution in [0.5, 0.6) is 0 Å². The van der Waals surface area contributed by atoms with Crippen molar-refractivity contribution in [2.75, 3.05) is 32.7 Å².